The van der Waals surface area contributed by atoms with E-state index in [9.17, 15) is 4.79 Å². The lowest BCUT2D eigenvalue weighted by Crippen LogP contribution is -2.25. The Bertz CT molecular complexity index is 381. The highest BCUT2D eigenvalue weighted by molar-refractivity contribution is 9.10. The minimum atomic E-state index is -0.120. The quantitative estimate of drug-likeness (QED) is 0.737. The SMILES string of the molecule is CC1(Cn2cc(Br)ccc2=O)CO1. The number of halogens is 1. The molecule has 0 N–H and O–H groups in total. The number of hydrogen-bond acceptors (Lipinski definition) is 2. The van der Waals surface area contributed by atoms with Crippen molar-refractivity contribution in [3.8, 4) is 0 Å². The lowest BCUT2D eigenvalue weighted by atomic mass is 10.2. The number of rotatable bonds is 2. The second-order valence-electron chi connectivity index (χ2n) is 3.55. The van der Waals surface area contributed by atoms with E-state index in [2.05, 4.69) is 15.9 Å². The summed E-state index contributed by atoms with van der Waals surface area (Å²) in [5.74, 6) is 0. The highest BCUT2D eigenvalue weighted by Crippen LogP contribution is 2.27. The van der Waals surface area contributed by atoms with E-state index < -0.39 is 0 Å². The van der Waals surface area contributed by atoms with Gasteiger partial charge in [-0.3, -0.25) is 4.79 Å². The van der Waals surface area contributed by atoms with Crippen LogP contribution in [-0.4, -0.2) is 16.8 Å². The predicted molar refractivity (Wildman–Crippen MR) is 52.8 cm³/mol. The van der Waals surface area contributed by atoms with Crippen molar-refractivity contribution in [3.05, 3.63) is 33.2 Å². The number of pyridine rings is 1. The van der Waals surface area contributed by atoms with Crippen LogP contribution in [0.25, 0.3) is 0 Å². The van der Waals surface area contributed by atoms with E-state index in [0.717, 1.165) is 11.1 Å². The Morgan fingerprint density at radius 1 is 1.69 bits per heavy atom. The molecule has 1 aromatic heterocycles. The third kappa shape index (κ3) is 2.00. The van der Waals surface area contributed by atoms with Gasteiger partial charge in [0.1, 0.15) is 5.60 Å². The first-order valence-corrected chi connectivity index (χ1v) is 4.88. The van der Waals surface area contributed by atoms with Gasteiger partial charge in [-0.05, 0) is 28.9 Å². The van der Waals surface area contributed by atoms with Gasteiger partial charge in [0.15, 0.2) is 0 Å². The fourth-order valence-corrected chi connectivity index (χ4v) is 1.58. The lowest BCUT2D eigenvalue weighted by Gasteiger charge is -2.08. The Balaban J connectivity index is 2.28. The first-order valence-electron chi connectivity index (χ1n) is 4.09. The Hall–Kier alpha value is -0.610. The summed E-state index contributed by atoms with van der Waals surface area (Å²) in [6.07, 6.45) is 1.79. The van der Waals surface area contributed by atoms with Crippen LogP contribution in [0.15, 0.2) is 27.6 Å². The summed E-state index contributed by atoms with van der Waals surface area (Å²) in [7, 11) is 0. The van der Waals surface area contributed by atoms with Gasteiger partial charge in [-0.15, -0.1) is 0 Å². The van der Waals surface area contributed by atoms with Crippen LogP contribution in [0.1, 0.15) is 6.92 Å². The molecule has 1 saturated heterocycles. The fourth-order valence-electron chi connectivity index (χ4n) is 1.20. The normalized spacial score (nSPS) is 26.0. The van der Waals surface area contributed by atoms with Crippen LogP contribution in [0, 0.1) is 0 Å². The van der Waals surface area contributed by atoms with E-state index in [1.165, 1.54) is 0 Å². The standard InChI is InChI=1S/C9H10BrNO2/c1-9(6-13-9)5-11-4-7(10)2-3-8(11)12/h2-4H,5-6H2,1H3. The molecule has 1 aliphatic heterocycles. The zero-order valence-electron chi connectivity index (χ0n) is 7.29. The van der Waals surface area contributed by atoms with Crippen LogP contribution >= 0.6 is 15.9 Å². The Morgan fingerprint density at radius 3 is 3.00 bits per heavy atom. The Morgan fingerprint density at radius 2 is 2.38 bits per heavy atom. The smallest absolute Gasteiger partial charge is 0.250 e. The molecule has 70 valence electrons. The molecule has 4 heteroatoms. The number of nitrogens with zero attached hydrogens (tertiary/aromatic N) is 1. The first kappa shape index (κ1) is 8.97. The molecule has 1 aliphatic rings. The summed E-state index contributed by atoms with van der Waals surface area (Å²) in [4.78, 5) is 11.4. The molecule has 1 atom stereocenters. The van der Waals surface area contributed by atoms with E-state index in [4.69, 9.17) is 4.74 Å². The molecule has 0 bridgehead atoms. The monoisotopic (exact) mass is 243 g/mol. The van der Waals surface area contributed by atoms with Crippen LogP contribution in [0.4, 0.5) is 0 Å². The molecule has 13 heavy (non-hydrogen) atoms. The van der Waals surface area contributed by atoms with E-state index in [1.807, 2.05) is 6.92 Å². The summed E-state index contributed by atoms with van der Waals surface area (Å²) in [6.45, 7) is 3.37. The van der Waals surface area contributed by atoms with Gasteiger partial charge in [0.05, 0.1) is 13.2 Å². The zero-order valence-corrected chi connectivity index (χ0v) is 8.87. The maximum absolute atomic E-state index is 11.4. The minimum absolute atomic E-state index is 0.0138. The van der Waals surface area contributed by atoms with Crippen molar-refractivity contribution in [1.29, 1.82) is 0 Å². The van der Waals surface area contributed by atoms with Crippen LogP contribution < -0.4 is 5.56 Å². The van der Waals surface area contributed by atoms with Gasteiger partial charge < -0.3 is 9.30 Å². The largest absolute Gasteiger partial charge is 0.368 e. The third-order valence-corrected chi connectivity index (χ3v) is 2.56. The fraction of sp³-hybridized carbons (Fsp3) is 0.444. The molecule has 0 radical (unpaired) electrons. The van der Waals surface area contributed by atoms with Crippen LogP contribution in [-0.2, 0) is 11.3 Å². The maximum Gasteiger partial charge on any atom is 0.250 e. The Kier molecular flexibility index (Phi) is 2.04. The van der Waals surface area contributed by atoms with Gasteiger partial charge in [0.2, 0.25) is 0 Å². The van der Waals surface area contributed by atoms with Crippen molar-refractivity contribution < 1.29 is 4.74 Å². The maximum atomic E-state index is 11.4. The number of ether oxygens (including phenoxy) is 1. The topological polar surface area (TPSA) is 34.5 Å². The molecule has 0 amide bonds. The molecule has 1 aromatic rings. The summed E-state index contributed by atoms with van der Waals surface area (Å²) in [6, 6.07) is 3.30. The number of hydrogen-bond donors (Lipinski definition) is 0. The summed E-state index contributed by atoms with van der Waals surface area (Å²) >= 11 is 3.32. The predicted octanol–water partition coefficient (Wildman–Crippen LogP) is 1.40. The van der Waals surface area contributed by atoms with E-state index in [-0.39, 0.29) is 11.2 Å². The molecule has 1 unspecified atom stereocenters. The molecule has 3 nitrogen and oxygen atoms in total. The van der Waals surface area contributed by atoms with E-state index >= 15 is 0 Å². The van der Waals surface area contributed by atoms with Gasteiger partial charge in [-0.25, -0.2) is 0 Å². The summed E-state index contributed by atoms with van der Waals surface area (Å²) in [5, 5.41) is 0. The molecule has 0 saturated carbocycles. The molecule has 0 aromatic carbocycles. The molecular weight excluding hydrogens is 234 g/mol. The molecule has 2 rings (SSSR count). The zero-order chi connectivity index (χ0) is 9.47. The van der Waals surface area contributed by atoms with Gasteiger partial charge >= 0.3 is 0 Å². The second-order valence-corrected chi connectivity index (χ2v) is 4.47. The van der Waals surface area contributed by atoms with Crippen molar-refractivity contribution in [3.63, 3.8) is 0 Å². The Labute approximate surface area is 84.5 Å². The van der Waals surface area contributed by atoms with Crippen molar-refractivity contribution in [2.45, 2.75) is 19.1 Å². The highest BCUT2D eigenvalue weighted by Gasteiger charge is 2.39. The number of aromatic nitrogens is 1. The van der Waals surface area contributed by atoms with Crippen LogP contribution in [0.5, 0.6) is 0 Å². The van der Waals surface area contributed by atoms with Crippen molar-refractivity contribution in [2.24, 2.45) is 0 Å². The number of epoxide rings is 1. The summed E-state index contributed by atoms with van der Waals surface area (Å²) < 4.78 is 7.80. The first-order chi connectivity index (χ1) is 6.09. The second kappa shape index (κ2) is 2.96. The van der Waals surface area contributed by atoms with E-state index in [0.29, 0.717) is 6.54 Å². The molecule has 1 fully saturated rings. The van der Waals surface area contributed by atoms with Crippen molar-refractivity contribution >= 4 is 15.9 Å². The van der Waals surface area contributed by atoms with Gasteiger partial charge in [0.25, 0.3) is 5.56 Å². The molecule has 2 heterocycles. The lowest BCUT2D eigenvalue weighted by molar-refractivity contribution is 0.291. The van der Waals surface area contributed by atoms with Gasteiger partial charge in [-0.1, -0.05) is 0 Å². The molecular formula is C9H10BrNO2. The highest BCUT2D eigenvalue weighted by atomic mass is 79.9. The average molecular weight is 244 g/mol. The minimum Gasteiger partial charge on any atom is -0.368 e. The van der Waals surface area contributed by atoms with E-state index in [1.54, 1.807) is 22.9 Å². The van der Waals surface area contributed by atoms with Gasteiger partial charge in [-0.2, -0.15) is 0 Å². The van der Waals surface area contributed by atoms with Crippen molar-refractivity contribution in [2.75, 3.05) is 6.61 Å². The van der Waals surface area contributed by atoms with Crippen LogP contribution in [0.3, 0.4) is 0 Å². The van der Waals surface area contributed by atoms with Crippen LogP contribution in [0.2, 0.25) is 0 Å². The molecule has 0 spiro atoms. The third-order valence-electron chi connectivity index (χ3n) is 2.09. The average Bonchev–Trinajstić information content (AvgIpc) is 2.76. The van der Waals surface area contributed by atoms with Crippen molar-refractivity contribution in [1.82, 2.24) is 4.57 Å². The van der Waals surface area contributed by atoms with Gasteiger partial charge in [0, 0.05) is 16.7 Å². The molecule has 0 aliphatic carbocycles. The summed E-state index contributed by atoms with van der Waals surface area (Å²) in [5.41, 5.74) is -0.107.